The Morgan fingerprint density at radius 1 is 1.00 bits per heavy atom. The second-order valence-corrected chi connectivity index (χ2v) is 11.0. The Labute approximate surface area is 142 Å². The Bertz CT molecular complexity index is 606. The Morgan fingerprint density at radius 2 is 1.65 bits per heavy atom. The molecule has 2 rings (SSSR count). The number of rotatable bonds is 3. The summed E-state index contributed by atoms with van der Waals surface area (Å²) in [6.07, 6.45) is -1.15. The highest BCUT2D eigenvalue weighted by Crippen LogP contribution is 2.44. The first-order valence-corrected chi connectivity index (χ1v) is 8.22. The first-order chi connectivity index (χ1) is 9.39. The first kappa shape index (κ1) is 15.9. The van der Waals surface area contributed by atoms with Crippen LogP contribution in [0.25, 0.3) is 0 Å². The summed E-state index contributed by atoms with van der Waals surface area (Å²) in [5, 5.41) is 10.2. The van der Waals surface area contributed by atoms with Gasteiger partial charge in [0.15, 0.2) is 7.93 Å². The van der Waals surface area contributed by atoms with Crippen LogP contribution in [0.5, 0.6) is 0 Å². The van der Waals surface area contributed by atoms with E-state index in [1.54, 1.807) is 42.5 Å². The second kappa shape index (κ2) is 6.52. The van der Waals surface area contributed by atoms with Gasteiger partial charge in [0.1, 0.15) is 6.10 Å². The van der Waals surface area contributed by atoms with Gasteiger partial charge in [-0.15, -0.1) is 0 Å². The third kappa shape index (κ3) is 3.79. The van der Waals surface area contributed by atoms with E-state index < -0.39 is 8.25 Å². The van der Waals surface area contributed by atoms with Crippen molar-refractivity contribution in [3.63, 3.8) is 0 Å². The van der Waals surface area contributed by atoms with Crippen molar-refractivity contribution >= 4 is 53.6 Å². The number of carbonyl (C=O) groups excluding carboxylic acids is 1. The fraction of sp³-hybridized carbons (Fsp3) is 0.133. The van der Waals surface area contributed by atoms with Gasteiger partial charge in [0.05, 0.1) is 0 Å². The van der Waals surface area contributed by atoms with Gasteiger partial charge in [-0.05, 0) is 17.2 Å². The zero-order valence-electron chi connectivity index (χ0n) is 10.3. The maximum atomic E-state index is 12.3. The summed E-state index contributed by atoms with van der Waals surface area (Å²) >= 11 is 10.2. The van der Waals surface area contributed by atoms with Gasteiger partial charge < -0.3 is 5.11 Å². The molecule has 2 aromatic carbocycles. The molecule has 1 atom stereocenters. The minimum Gasteiger partial charge on any atom is -0.380 e. The largest absolute Gasteiger partial charge is 0.380 e. The molecule has 5 heteroatoms. The monoisotopic (exact) mass is 460 g/mol. The van der Waals surface area contributed by atoms with Crippen molar-refractivity contribution in [1.29, 1.82) is 0 Å². The zero-order chi connectivity index (χ0) is 14.8. The fourth-order valence-corrected chi connectivity index (χ4v) is 2.53. The van der Waals surface area contributed by atoms with Crippen LogP contribution in [0.1, 0.15) is 27.6 Å². The zero-order valence-corrected chi connectivity index (χ0v) is 15.0. The van der Waals surface area contributed by atoms with E-state index in [1.165, 1.54) is 0 Å². The van der Waals surface area contributed by atoms with Crippen LogP contribution < -0.4 is 0 Å². The van der Waals surface area contributed by atoms with Gasteiger partial charge in [-0.2, -0.15) is 0 Å². The van der Waals surface area contributed by atoms with Crippen molar-refractivity contribution in [2.75, 3.05) is 0 Å². The van der Waals surface area contributed by atoms with Gasteiger partial charge in [0.25, 0.3) is 0 Å². The van der Waals surface area contributed by atoms with E-state index in [0.717, 1.165) is 5.56 Å². The predicted molar refractivity (Wildman–Crippen MR) is 90.6 cm³/mol. The Balaban J connectivity index is 2.30. The number of Topliss-reactive ketones (excluding diaryl/α,β-unsaturated/α-hetero) is 1. The topological polar surface area (TPSA) is 37.3 Å². The average Bonchev–Trinajstić information content (AvgIpc) is 2.46. The number of ketones is 1. The number of halogens is 3. The maximum absolute atomic E-state index is 12.3. The highest BCUT2D eigenvalue weighted by Gasteiger charge is 2.24. The SMILES string of the molecule is O=C(c1cccc(C(Br)(Br)Br)c1)C(O)c1ccccc1. The highest BCUT2D eigenvalue weighted by molar-refractivity contribution is 9.38. The van der Waals surface area contributed by atoms with Gasteiger partial charge in [0, 0.05) is 5.56 Å². The molecule has 0 amide bonds. The molecule has 0 spiro atoms. The van der Waals surface area contributed by atoms with Crippen LogP contribution >= 0.6 is 47.8 Å². The number of carbonyl (C=O) groups is 1. The average molecular weight is 463 g/mol. The molecule has 0 aliphatic heterocycles. The smallest absolute Gasteiger partial charge is 0.195 e. The van der Waals surface area contributed by atoms with Crippen molar-refractivity contribution in [2.45, 2.75) is 8.25 Å². The molecular weight excluding hydrogens is 452 g/mol. The number of aliphatic hydroxyl groups is 1. The predicted octanol–water partition coefficient (Wildman–Crippen LogP) is 4.90. The van der Waals surface area contributed by atoms with Gasteiger partial charge >= 0.3 is 0 Å². The molecule has 2 nitrogen and oxygen atoms in total. The van der Waals surface area contributed by atoms with Crippen LogP contribution in [0, 0.1) is 0 Å². The molecule has 1 N–H and O–H groups in total. The summed E-state index contributed by atoms with van der Waals surface area (Å²) in [5.74, 6) is -0.324. The van der Waals surface area contributed by atoms with Gasteiger partial charge in [-0.1, -0.05) is 96.3 Å². The molecule has 2 aromatic rings. The molecule has 0 radical (unpaired) electrons. The molecule has 0 bridgehead atoms. The third-order valence-electron chi connectivity index (χ3n) is 2.84. The molecule has 0 saturated heterocycles. The summed E-state index contributed by atoms with van der Waals surface area (Å²) in [6, 6.07) is 16.0. The summed E-state index contributed by atoms with van der Waals surface area (Å²) in [7, 11) is 0. The van der Waals surface area contributed by atoms with Crippen LogP contribution in [0.3, 0.4) is 0 Å². The number of hydrogen-bond donors (Lipinski definition) is 1. The molecule has 1 unspecified atom stereocenters. The fourth-order valence-electron chi connectivity index (χ4n) is 1.79. The number of benzene rings is 2. The summed E-state index contributed by atoms with van der Waals surface area (Å²) < 4.78 is -0.582. The molecule has 20 heavy (non-hydrogen) atoms. The lowest BCUT2D eigenvalue weighted by Gasteiger charge is -2.15. The van der Waals surface area contributed by atoms with E-state index in [4.69, 9.17) is 0 Å². The maximum Gasteiger partial charge on any atom is 0.195 e. The standard InChI is InChI=1S/C15H11Br3O2/c16-15(17,18)12-8-4-7-11(9-12)14(20)13(19)10-5-2-1-3-6-10/h1-9,13,19H. The summed E-state index contributed by atoms with van der Waals surface area (Å²) in [4.78, 5) is 12.3. The minimum absolute atomic E-state index is 0.324. The van der Waals surface area contributed by atoms with Crippen LogP contribution in [0.15, 0.2) is 54.6 Å². The minimum atomic E-state index is -1.15. The van der Waals surface area contributed by atoms with E-state index in [9.17, 15) is 9.90 Å². The highest BCUT2D eigenvalue weighted by atomic mass is 80.0. The van der Waals surface area contributed by atoms with Crippen LogP contribution in [0.2, 0.25) is 0 Å². The lowest BCUT2D eigenvalue weighted by atomic mass is 9.99. The summed E-state index contributed by atoms with van der Waals surface area (Å²) in [5.41, 5.74) is 1.89. The second-order valence-electron chi connectivity index (χ2n) is 4.26. The van der Waals surface area contributed by atoms with E-state index in [1.807, 2.05) is 12.1 Å². The Morgan fingerprint density at radius 3 is 2.25 bits per heavy atom. The Hall–Kier alpha value is -0.490. The molecule has 0 aliphatic rings. The lowest BCUT2D eigenvalue weighted by molar-refractivity contribution is 0.0747. The third-order valence-corrected chi connectivity index (χ3v) is 4.21. The normalized spacial score (nSPS) is 13.0. The first-order valence-electron chi connectivity index (χ1n) is 5.84. The lowest BCUT2D eigenvalue weighted by Crippen LogP contribution is -2.13. The van der Waals surface area contributed by atoms with Gasteiger partial charge in [0.2, 0.25) is 0 Å². The van der Waals surface area contributed by atoms with Crippen LogP contribution in [-0.4, -0.2) is 10.9 Å². The molecule has 0 aliphatic carbocycles. The van der Waals surface area contributed by atoms with E-state index in [-0.39, 0.29) is 5.78 Å². The van der Waals surface area contributed by atoms with Gasteiger partial charge in [-0.25, -0.2) is 0 Å². The van der Waals surface area contributed by atoms with E-state index in [2.05, 4.69) is 47.8 Å². The summed E-state index contributed by atoms with van der Waals surface area (Å²) in [6.45, 7) is 0. The van der Waals surface area contributed by atoms with Crippen molar-refractivity contribution in [3.05, 3.63) is 71.3 Å². The number of alkyl halides is 3. The number of hydrogen-bond acceptors (Lipinski definition) is 2. The molecule has 0 saturated carbocycles. The van der Waals surface area contributed by atoms with Crippen LogP contribution in [0.4, 0.5) is 0 Å². The molecular formula is C15H11Br3O2. The van der Waals surface area contributed by atoms with Crippen molar-refractivity contribution in [1.82, 2.24) is 0 Å². The van der Waals surface area contributed by atoms with Crippen molar-refractivity contribution in [2.24, 2.45) is 0 Å². The van der Waals surface area contributed by atoms with Crippen molar-refractivity contribution in [3.8, 4) is 0 Å². The van der Waals surface area contributed by atoms with Crippen LogP contribution in [-0.2, 0) is 2.14 Å². The molecule has 0 fully saturated rings. The molecule has 0 aromatic heterocycles. The number of aliphatic hydroxyl groups excluding tert-OH is 1. The quantitative estimate of drug-likeness (QED) is 0.520. The molecule has 0 heterocycles. The molecule has 104 valence electrons. The Kier molecular flexibility index (Phi) is 5.18. The van der Waals surface area contributed by atoms with Crippen molar-refractivity contribution < 1.29 is 9.90 Å². The van der Waals surface area contributed by atoms with Gasteiger partial charge in [-0.3, -0.25) is 4.79 Å². The van der Waals surface area contributed by atoms with E-state index >= 15 is 0 Å². The van der Waals surface area contributed by atoms with E-state index in [0.29, 0.717) is 11.1 Å².